The van der Waals surface area contributed by atoms with Crippen molar-refractivity contribution >= 4 is 18.3 Å². The molecule has 0 unspecified atom stereocenters. The van der Waals surface area contributed by atoms with Crippen LogP contribution >= 0.6 is 0 Å². The Labute approximate surface area is 94.1 Å². The average molecular weight is 225 g/mol. The highest BCUT2D eigenvalue weighted by molar-refractivity contribution is 5.99. The van der Waals surface area contributed by atoms with Crippen molar-refractivity contribution in [3.05, 3.63) is 12.2 Å². The molecule has 16 heavy (non-hydrogen) atoms. The first-order valence-electron chi connectivity index (χ1n) is 5.25. The Morgan fingerprint density at radius 1 is 1.62 bits per heavy atom. The molecule has 1 aliphatic heterocycles. The van der Waals surface area contributed by atoms with Crippen LogP contribution in [0.25, 0.3) is 0 Å². The molecule has 5 heteroatoms. The Kier molecular flexibility index (Phi) is 4.69. The molecule has 0 N–H and O–H groups in total. The summed E-state index contributed by atoms with van der Waals surface area (Å²) in [4.78, 5) is 33.8. The first kappa shape index (κ1) is 12.4. The van der Waals surface area contributed by atoms with Crippen LogP contribution in [0.15, 0.2) is 12.2 Å². The van der Waals surface area contributed by atoms with Crippen LogP contribution in [0.4, 0.5) is 4.79 Å². The second-order valence-corrected chi connectivity index (χ2v) is 3.70. The standard InChI is InChI=1S/C11H15NO4/c1-9(8-13)4-2-3-5-10(14)12-6-7-16-11(12)15/h3,5,8-9H,2,4,6-7H2,1H3/b5-3+/t9-/m1/s1. The van der Waals surface area contributed by atoms with Gasteiger partial charge in [-0.3, -0.25) is 4.79 Å². The molecule has 0 radical (unpaired) electrons. The number of allylic oxidation sites excluding steroid dienone is 1. The van der Waals surface area contributed by atoms with Crippen LogP contribution in [-0.2, 0) is 14.3 Å². The van der Waals surface area contributed by atoms with Gasteiger partial charge in [0.15, 0.2) is 0 Å². The van der Waals surface area contributed by atoms with Gasteiger partial charge >= 0.3 is 6.09 Å². The van der Waals surface area contributed by atoms with E-state index in [2.05, 4.69) is 4.74 Å². The van der Waals surface area contributed by atoms with E-state index < -0.39 is 6.09 Å². The summed E-state index contributed by atoms with van der Waals surface area (Å²) in [6, 6.07) is 0. The molecule has 1 rings (SSSR count). The highest BCUT2D eigenvalue weighted by atomic mass is 16.6. The van der Waals surface area contributed by atoms with E-state index in [1.165, 1.54) is 6.08 Å². The number of nitrogens with zero attached hydrogens (tertiary/aromatic N) is 1. The molecule has 1 atom stereocenters. The molecule has 0 aromatic heterocycles. The van der Waals surface area contributed by atoms with Crippen molar-refractivity contribution in [1.82, 2.24) is 4.90 Å². The fraction of sp³-hybridized carbons (Fsp3) is 0.545. The third-order valence-corrected chi connectivity index (χ3v) is 2.31. The highest BCUT2D eigenvalue weighted by Gasteiger charge is 2.26. The quantitative estimate of drug-likeness (QED) is 0.520. The lowest BCUT2D eigenvalue weighted by atomic mass is 10.1. The predicted molar refractivity (Wildman–Crippen MR) is 56.7 cm³/mol. The fourth-order valence-corrected chi connectivity index (χ4v) is 1.29. The van der Waals surface area contributed by atoms with E-state index in [1.54, 1.807) is 6.08 Å². The number of ether oxygens (including phenoxy) is 1. The zero-order chi connectivity index (χ0) is 12.0. The lowest BCUT2D eigenvalue weighted by Gasteiger charge is -2.06. The Morgan fingerprint density at radius 2 is 2.38 bits per heavy atom. The summed E-state index contributed by atoms with van der Waals surface area (Å²) in [6.45, 7) is 2.40. The summed E-state index contributed by atoms with van der Waals surface area (Å²) in [5.41, 5.74) is 0. The van der Waals surface area contributed by atoms with Gasteiger partial charge in [-0.15, -0.1) is 0 Å². The minimum atomic E-state index is -0.587. The number of carbonyl (C=O) groups excluding carboxylic acids is 3. The van der Waals surface area contributed by atoms with E-state index in [1.807, 2.05) is 6.92 Å². The van der Waals surface area contributed by atoms with Crippen molar-refractivity contribution in [2.75, 3.05) is 13.2 Å². The highest BCUT2D eigenvalue weighted by Crippen LogP contribution is 2.06. The number of hydrogen-bond donors (Lipinski definition) is 0. The maximum absolute atomic E-state index is 11.4. The van der Waals surface area contributed by atoms with Gasteiger partial charge in [-0.2, -0.15) is 0 Å². The van der Waals surface area contributed by atoms with Crippen LogP contribution in [0, 0.1) is 5.92 Å². The fourth-order valence-electron chi connectivity index (χ4n) is 1.29. The Hall–Kier alpha value is -1.65. The normalized spacial score (nSPS) is 17.6. The second-order valence-electron chi connectivity index (χ2n) is 3.70. The molecule has 1 saturated heterocycles. The third-order valence-electron chi connectivity index (χ3n) is 2.31. The molecule has 1 fully saturated rings. The van der Waals surface area contributed by atoms with Crippen molar-refractivity contribution in [3.8, 4) is 0 Å². The van der Waals surface area contributed by atoms with E-state index in [4.69, 9.17) is 0 Å². The molecule has 1 heterocycles. The number of amides is 2. The summed E-state index contributed by atoms with van der Waals surface area (Å²) in [5.74, 6) is -0.363. The van der Waals surface area contributed by atoms with E-state index in [0.717, 1.165) is 11.2 Å². The molecule has 1 aliphatic rings. The van der Waals surface area contributed by atoms with E-state index in [9.17, 15) is 14.4 Å². The van der Waals surface area contributed by atoms with Gasteiger partial charge < -0.3 is 9.53 Å². The van der Waals surface area contributed by atoms with Crippen molar-refractivity contribution in [2.45, 2.75) is 19.8 Å². The maximum Gasteiger partial charge on any atom is 0.416 e. The van der Waals surface area contributed by atoms with Gasteiger partial charge in [0.2, 0.25) is 0 Å². The number of imide groups is 1. The summed E-state index contributed by atoms with van der Waals surface area (Å²) >= 11 is 0. The van der Waals surface area contributed by atoms with Gasteiger partial charge in [0.05, 0.1) is 6.54 Å². The van der Waals surface area contributed by atoms with Gasteiger partial charge in [0.25, 0.3) is 5.91 Å². The van der Waals surface area contributed by atoms with E-state index in [-0.39, 0.29) is 18.4 Å². The Balaban J connectivity index is 2.30. The zero-order valence-electron chi connectivity index (χ0n) is 9.22. The number of carbonyl (C=O) groups is 3. The monoisotopic (exact) mass is 225 g/mol. The zero-order valence-corrected chi connectivity index (χ0v) is 9.22. The van der Waals surface area contributed by atoms with Crippen molar-refractivity contribution in [1.29, 1.82) is 0 Å². The average Bonchev–Trinajstić information content (AvgIpc) is 2.70. The van der Waals surface area contributed by atoms with Crippen molar-refractivity contribution in [2.24, 2.45) is 5.92 Å². The molecule has 88 valence electrons. The van der Waals surface area contributed by atoms with Gasteiger partial charge in [0, 0.05) is 5.92 Å². The van der Waals surface area contributed by atoms with E-state index in [0.29, 0.717) is 19.4 Å². The lowest BCUT2D eigenvalue weighted by molar-refractivity contribution is -0.122. The summed E-state index contributed by atoms with van der Waals surface area (Å²) in [7, 11) is 0. The lowest BCUT2D eigenvalue weighted by Crippen LogP contribution is -2.29. The molecule has 0 bridgehead atoms. The number of rotatable bonds is 5. The first-order chi connectivity index (χ1) is 7.65. The Bertz CT molecular complexity index is 311. The third kappa shape index (κ3) is 3.49. The van der Waals surface area contributed by atoms with Crippen molar-refractivity contribution in [3.63, 3.8) is 0 Å². The van der Waals surface area contributed by atoms with Gasteiger partial charge in [-0.1, -0.05) is 13.0 Å². The molecule has 5 nitrogen and oxygen atoms in total. The van der Waals surface area contributed by atoms with Gasteiger partial charge in [-0.05, 0) is 18.9 Å². The molecule has 0 saturated carbocycles. The predicted octanol–water partition coefficient (Wildman–Crippen LogP) is 1.14. The van der Waals surface area contributed by atoms with Crippen LogP contribution in [0.3, 0.4) is 0 Å². The van der Waals surface area contributed by atoms with Crippen LogP contribution in [0.1, 0.15) is 19.8 Å². The molecule has 0 spiro atoms. The first-order valence-corrected chi connectivity index (χ1v) is 5.25. The molecule has 0 aliphatic carbocycles. The number of hydrogen-bond acceptors (Lipinski definition) is 4. The SMILES string of the molecule is C[C@@H](C=O)CC/C=C/C(=O)N1CCOC1=O. The second kappa shape index (κ2) is 6.05. The van der Waals surface area contributed by atoms with Crippen LogP contribution in [-0.4, -0.2) is 36.3 Å². The molecule has 0 aromatic rings. The van der Waals surface area contributed by atoms with Gasteiger partial charge in [0.1, 0.15) is 12.9 Å². The molecule has 0 aromatic carbocycles. The molecular formula is C11H15NO4. The minimum absolute atomic E-state index is 0.00324. The summed E-state index contributed by atoms with van der Waals surface area (Å²) < 4.78 is 4.63. The van der Waals surface area contributed by atoms with Gasteiger partial charge in [-0.25, -0.2) is 9.69 Å². The number of aldehydes is 1. The van der Waals surface area contributed by atoms with Crippen LogP contribution in [0.2, 0.25) is 0 Å². The van der Waals surface area contributed by atoms with Crippen LogP contribution < -0.4 is 0 Å². The molecule has 2 amide bonds. The largest absolute Gasteiger partial charge is 0.447 e. The van der Waals surface area contributed by atoms with Crippen molar-refractivity contribution < 1.29 is 19.1 Å². The van der Waals surface area contributed by atoms with Crippen LogP contribution in [0.5, 0.6) is 0 Å². The summed E-state index contributed by atoms with van der Waals surface area (Å²) in [5, 5.41) is 0. The smallest absolute Gasteiger partial charge is 0.416 e. The minimum Gasteiger partial charge on any atom is -0.447 e. The summed E-state index contributed by atoms with van der Waals surface area (Å²) in [6.07, 6.45) is 4.67. The molecular weight excluding hydrogens is 210 g/mol. The Morgan fingerprint density at radius 3 is 2.94 bits per heavy atom. The number of cyclic esters (lactones) is 1. The maximum atomic E-state index is 11.4. The topological polar surface area (TPSA) is 63.7 Å². The van der Waals surface area contributed by atoms with E-state index >= 15 is 0 Å².